The van der Waals surface area contributed by atoms with E-state index in [2.05, 4.69) is 15.4 Å². The molecule has 2 N–H and O–H groups in total. The standard InChI is InChI=1S/C13H16N2O5/c1-7-9(13(18)19-2)5-8(20-7)6-14-10-3-4-11(16)15-12(10)17/h5,10,14H,3-4,6H2,1-2H3,(H,15,16,17). The molecule has 0 bridgehead atoms. The number of methoxy groups -OCH3 is 1. The summed E-state index contributed by atoms with van der Waals surface area (Å²) in [6.07, 6.45) is 0.766. The molecule has 7 nitrogen and oxygen atoms in total. The number of hydrogen-bond donors (Lipinski definition) is 2. The maximum absolute atomic E-state index is 11.6. The second-order valence-electron chi connectivity index (χ2n) is 4.56. The second kappa shape index (κ2) is 5.87. The summed E-state index contributed by atoms with van der Waals surface area (Å²) in [5.74, 6) is -0.0457. The Bertz CT molecular complexity index is 549. The lowest BCUT2D eigenvalue weighted by molar-refractivity contribution is -0.134. The summed E-state index contributed by atoms with van der Waals surface area (Å²) in [5, 5.41) is 5.26. The molecular weight excluding hydrogens is 264 g/mol. The van der Waals surface area contributed by atoms with E-state index < -0.39 is 12.0 Å². The number of amides is 2. The van der Waals surface area contributed by atoms with Gasteiger partial charge in [-0.2, -0.15) is 0 Å². The molecule has 1 atom stereocenters. The van der Waals surface area contributed by atoms with Crippen LogP contribution in [0.2, 0.25) is 0 Å². The van der Waals surface area contributed by atoms with Gasteiger partial charge in [-0.3, -0.25) is 20.2 Å². The van der Waals surface area contributed by atoms with E-state index in [1.807, 2.05) is 0 Å². The van der Waals surface area contributed by atoms with Crippen molar-refractivity contribution in [2.75, 3.05) is 7.11 Å². The normalized spacial score (nSPS) is 18.8. The van der Waals surface area contributed by atoms with Crippen molar-refractivity contribution in [3.63, 3.8) is 0 Å². The first kappa shape index (κ1) is 14.3. The van der Waals surface area contributed by atoms with Crippen LogP contribution in [0.25, 0.3) is 0 Å². The maximum Gasteiger partial charge on any atom is 0.341 e. The maximum atomic E-state index is 11.6. The fraction of sp³-hybridized carbons (Fsp3) is 0.462. The molecule has 2 rings (SSSR count). The Labute approximate surface area is 115 Å². The Morgan fingerprint density at radius 3 is 2.95 bits per heavy atom. The Kier molecular flexibility index (Phi) is 4.19. The summed E-state index contributed by atoms with van der Waals surface area (Å²) in [6, 6.07) is 1.15. The third-order valence-corrected chi connectivity index (χ3v) is 3.14. The number of nitrogens with one attached hydrogen (secondary N) is 2. The van der Waals surface area contributed by atoms with Crippen molar-refractivity contribution >= 4 is 17.8 Å². The minimum absolute atomic E-state index is 0.255. The van der Waals surface area contributed by atoms with Gasteiger partial charge in [0.1, 0.15) is 17.1 Å². The van der Waals surface area contributed by atoms with E-state index in [0.717, 1.165) is 0 Å². The molecule has 108 valence electrons. The SMILES string of the molecule is COC(=O)c1cc(CNC2CCC(=O)NC2=O)oc1C. The molecule has 1 saturated heterocycles. The van der Waals surface area contributed by atoms with Crippen LogP contribution >= 0.6 is 0 Å². The van der Waals surface area contributed by atoms with Crippen LogP contribution in [0, 0.1) is 6.92 Å². The number of imide groups is 1. The highest BCUT2D eigenvalue weighted by Crippen LogP contribution is 2.16. The van der Waals surface area contributed by atoms with Gasteiger partial charge in [0.25, 0.3) is 0 Å². The molecule has 0 radical (unpaired) electrons. The van der Waals surface area contributed by atoms with E-state index in [1.54, 1.807) is 13.0 Å². The molecule has 20 heavy (non-hydrogen) atoms. The Hall–Kier alpha value is -2.15. The van der Waals surface area contributed by atoms with E-state index in [9.17, 15) is 14.4 Å². The summed E-state index contributed by atoms with van der Waals surface area (Å²) >= 11 is 0. The predicted octanol–water partition coefficient (Wildman–Crippen LogP) is 0.269. The first-order valence-corrected chi connectivity index (χ1v) is 6.26. The van der Waals surface area contributed by atoms with E-state index in [1.165, 1.54) is 7.11 Å². The van der Waals surface area contributed by atoms with Gasteiger partial charge in [0.05, 0.1) is 19.7 Å². The van der Waals surface area contributed by atoms with E-state index >= 15 is 0 Å². The molecule has 0 aliphatic carbocycles. The summed E-state index contributed by atoms with van der Waals surface area (Å²) in [6.45, 7) is 1.96. The van der Waals surface area contributed by atoms with Crippen molar-refractivity contribution in [1.82, 2.24) is 10.6 Å². The molecule has 1 unspecified atom stereocenters. The van der Waals surface area contributed by atoms with Crippen molar-refractivity contribution in [2.24, 2.45) is 0 Å². The van der Waals surface area contributed by atoms with Crippen molar-refractivity contribution < 1.29 is 23.5 Å². The fourth-order valence-electron chi connectivity index (χ4n) is 2.06. The molecule has 1 aliphatic rings. The van der Waals surface area contributed by atoms with Crippen molar-refractivity contribution in [1.29, 1.82) is 0 Å². The first-order chi connectivity index (χ1) is 9.51. The smallest absolute Gasteiger partial charge is 0.341 e. The van der Waals surface area contributed by atoms with Crippen LogP contribution < -0.4 is 10.6 Å². The average molecular weight is 280 g/mol. The summed E-state index contributed by atoms with van der Waals surface area (Å²) < 4.78 is 10.1. The monoisotopic (exact) mass is 280 g/mol. The minimum Gasteiger partial charge on any atom is -0.465 e. The van der Waals surface area contributed by atoms with Gasteiger partial charge in [0.15, 0.2) is 0 Å². The molecule has 7 heteroatoms. The lowest BCUT2D eigenvalue weighted by Crippen LogP contribution is -2.50. The van der Waals surface area contributed by atoms with Gasteiger partial charge in [-0.15, -0.1) is 0 Å². The molecule has 1 aliphatic heterocycles. The Morgan fingerprint density at radius 2 is 2.30 bits per heavy atom. The van der Waals surface area contributed by atoms with Gasteiger partial charge in [-0.05, 0) is 19.4 Å². The topological polar surface area (TPSA) is 97.6 Å². The Morgan fingerprint density at radius 1 is 1.55 bits per heavy atom. The zero-order valence-corrected chi connectivity index (χ0v) is 11.3. The van der Waals surface area contributed by atoms with Gasteiger partial charge in [-0.25, -0.2) is 4.79 Å². The average Bonchev–Trinajstić information content (AvgIpc) is 2.78. The summed E-state index contributed by atoms with van der Waals surface area (Å²) in [4.78, 5) is 34.0. The van der Waals surface area contributed by atoms with Crippen LogP contribution in [0.5, 0.6) is 0 Å². The van der Waals surface area contributed by atoms with E-state index in [4.69, 9.17) is 4.42 Å². The molecule has 0 aromatic carbocycles. The molecular formula is C13H16N2O5. The van der Waals surface area contributed by atoms with Gasteiger partial charge in [-0.1, -0.05) is 0 Å². The lowest BCUT2D eigenvalue weighted by Gasteiger charge is -2.21. The zero-order chi connectivity index (χ0) is 14.7. The van der Waals surface area contributed by atoms with Crippen molar-refractivity contribution in [3.8, 4) is 0 Å². The van der Waals surface area contributed by atoms with Crippen LogP contribution in [0.3, 0.4) is 0 Å². The molecule has 2 amide bonds. The number of rotatable bonds is 4. The van der Waals surface area contributed by atoms with E-state index in [0.29, 0.717) is 36.5 Å². The number of carbonyl (C=O) groups excluding carboxylic acids is 3. The summed E-state index contributed by atoms with van der Waals surface area (Å²) in [5.41, 5.74) is 0.368. The second-order valence-corrected chi connectivity index (χ2v) is 4.56. The molecule has 1 aromatic rings. The fourth-order valence-corrected chi connectivity index (χ4v) is 2.06. The third-order valence-electron chi connectivity index (χ3n) is 3.14. The number of piperidine rings is 1. The zero-order valence-electron chi connectivity index (χ0n) is 11.3. The molecule has 1 aromatic heterocycles. The number of esters is 1. The predicted molar refractivity (Wildman–Crippen MR) is 67.8 cm³/mol. The van der Waals surface area contributed by atoms with Gasteiger partial charge in [0.2, 0.25) is 11.8 Å². The summed E-state index contributed by atoms with van der Waals surface area (Å²) in [7, 11) is 1.30. The first-order valence-electron chi connectivity index (χ1n) is 6.26. The number of carbonyl (C=O) groups is 3. The van der Waals surface area contributed by atoms with Crippen LogP contribution in [0.15, 0.2) is 10.5 Å². The quantitative estimate of drug-likeness (QED) is 0.607. The van der Waals surface area contributed by atoms with E-state index in [-0.39, 0.29) is 11.8 Å². The molecule has 0 saturated carbocycles. The lowest BCUT2D eigenvalue weighted by atomic mass is 10.1. The van der Waals surface area contributed by atoms with Crippen LogP contribution in [0.1, 0.15) is 34.7 Å². The highest BCUT2D eigenvalue weighted by Gasteiger charge is 2.26. The van der Waals surface area contributed by atoms with Gasteiger partial charge in [0, 0.05) is 6.42 Å². The van der Waals surface area contributed by atoms with Gasteiger partial charge < -0.3 is 9.15 Å². The number of hydrogen-bond acceptors (Lipinski definition) is 6. The van der Waals surface area contributed by atoms with Gasteiger partial charge >= 0.3 is 5.97 Å². The number of aryl methyl sites for hydroxylation is 1. The highest BCUT2D eigenvalue weighted by molar-refractivity contribution is 6.00. The van der Waals surface area contributed by atoms with Crippen molar-refractivity contribution in [3.05, 3.63) is 23.2 Å². The van der Waals surface area contributed by atoms with Crippen molar-refractivity contribution in [2.45, 2.75) is 32.4 Å². The molecule has 0 spiro atoms. The largest absolute Gasteiger partial charge is 0.465 e. The minimum atomic E-state index is -0.460. The number of furan rings is 1. The van der Waals surface area contributed by atoms with Crippen LogP contribution in [-0.2, 0) is 20.9 Å². The van der Waals surface area contributed by atoms with Crippen LogP contribution in [0.4, 0.5) is 0 Å². The molecule has 2 heterocycles. The number of ether oxygens (including phenoxy) is 1. The van der Waals surface area contributed by atoms with Crippen LogP contribution in [-0.4, -0.2) is 30.9 Å². The molecule has 1 fully saturated rings. The Balaban J connectivity index is 1.96. The third kappa shape index (κ3) is 3.05. The highest BCUT2D eigenvalue weighted by atomic mass is 16.5.